The Morgan fingerprint density at radius 3 is 2.71 bits per heavy atom. The zero-order chi connectivity index (χ0) is 17.0. The fourth-order valence-corrected chi connectivity index (χ4v) is 4.45. The van der Waals surface area contributed by atoms with E-state index in [9.17, 15) is 8.42 Å². The first-order chi connectivity index (χ1) is 11.6. The molecule has 2 aromatic rings. The lowest BCUT2D eigenvalue weighted by Gasteiger charge is -2.30. The summed E-state index contributed by atoms with van der Waals surface area (Å²) in [6.07, 6.45) is 1.80. The molecule has 0 saturated heterocycles. The van der Waals surface area contributed by atoms with Crippen molar-refractivity contribution in [2.45, 2.75) is 26.4 Å². The number of nitrogens with zero attached hydrogens (tertiary/aromatic N) is 1. The van der Waals surface area contributed by atoms with Crippen molar-refractivity contribution in [1.29, 1.82) is 0 Å². The van der Waals surface area contributed by atoms with Gasteiger partial charge in [0.1, 0.15) is 0 Å². The summed E-state index contributed by atoms with van der Waals surface area (Å²) in [7, 11) is -3.36. The fourth-order valence-electron chi connectivity index (χ4n) is 3.02. The summed E-state index contributed by atoms with van der Waals surface area (Å²) in [5.41, 5.74) is 4.16. The summed E-state index contributed by atoms with van der Waals surface area (Å²) < 4.78 is 32.5. The molecular weight excluding hydrogens is 322 g/mol. The molecule has 1 heterocycles. The van der Waals surface area contributed by atoms with Gasteiger partial charge in [0.2, 0.25) is 10.0 Å². The van der Waals surface area contributed by atoms with Gasteiger partial charge in [-0.3, -0.25) is 4.31 Å². The molecule has 0 fully saturated rings. The highest BCUT2D eigenvalue weighted by atomic mass is 32.2. The zero-order valence-electron chi connectivity index (χ0n) is 13.9. The SMILES string of the molecule is Cc1ccc2c(c1)CCCN2S(=O)(=O)CCOCc1ccccc1. The third-order valence-electron chi connectivity index (χ3n) is 4.24. The van der Waals surface area contributed by atoms with E-state index in [2.05, 4.69) is 6.07 Å². The third-order valence-corrected chi connectivity index (χ3v) is 5.98. The number of sulfonamides is 1. The number of anilines is 1. The van der Waals surface area contributed by atoms with Crippen molar-refractivity contribution >= 4 is 15.7 Å². The van der Waals surface area contributed by atoms with Crippen LogP contribution in [0, 0.1) is 6.92 Å². The molecule has 5 heteroatoms. The first-order valence-corrected chi connectivity index (χ1v) is 9.89. The standard InChI is InChI=1S/C19H23NO3S/c1-16-9-10-19-18(14-16)8-5-11-20(19)24(21,22)13-12-23-15-17-6-3-2-4-7-17/h2-4,6-7,9-10,14H,5,8,11-13,15H2,1H3. The van der Waals surface area contributed by atoms with E-state index in [0.29, 0.717) is 13.2 Å². The normalized spacial score (nSPS) is 14.5. The zero-order valence-corrected chi connectivity index (χ0v) is 14.8. The molecule has 0 bridgehead atoms. The number of ether oxygens (including phenoxy) is 1. The summed E-state index contributed by atoms with van der Waals surface area (Å²) in [6, 6.07) is 15.8. The Labute approximate surface area is 144 Å². The second-order valence-electron chi connectivity index (χ2n) is 6.16. The van der Waals surface area contributed by atoms with Crippen LogP contribution in [-0.4, -0.2) is 27.3 Å². The van der Waals surface area contributed by atoms with Crippen LogP contribution in [0.1, 0.15) is 23.1 Å². The maximum atomic E-state index is 12.7. The Hall–Kier alpha value is -1.85. The van der Waals surface area contributed by atoms with Gasteiger partial charge in [0.05, 0.1) is 24.7 Å². The minimum absolute atomic E-state index is 0.00709. The molecule has 0 spiro atoms. The first kappa shape index (κ1) is 17.0. The van der Waals surface area contributed by atoms with Crippen LogP contribution in [0.4, 0.5) is 5.69 Å². The molecule has 24 heavy (non-hydrogen) atoms. The van der Waals surface area contributed by atoms with Gasteiger partial charge in [0.25, 0.3) is 0 Å². The number of hydrogen-bond donors (Lipinski definition) is 0. The molecule has 0 atom stereocenters. The molecule has 0 amide bonds. The Morgan fingerprint density at radius 2 is 1.92 bits per heavy atom. The van der Waals surface area contributed by atoms with Crippen molar-refractivity contribution in [3.63, 3.8) is 0 Å². The molecule has 1 aliphatic rings. The fraction of sp³-hybridized carbons (Fsp3) is 0.368. The number of hydrogen-bond acceptors (Lipinski definition) is 3. The van der Waals surface area contributed by atoms with Crippen LogP contribution in [0.25, 0.3) is 0 Å². The Morgan fingerprint density at radius 1 is 1.12 bits per heavy atom. The molecule has 2 aromatic carbocycles. The van der Waals surface area contributed by atoms with Gasteiger partial charge >= 0.3 is 0 Å². The van der Waals surface area contributed by atoms with Crippen LogP contribution in [0.3, 0.4) is 0 Å². The largest absolute Gasteiger partial charge is 0.376 e. The van der Waals surface area contributed by atoms with Gasteiger partial charge in [-0.15, -0.1) is 0 Å². The van der Waals surface area contributed by atoms with Crippen LogP contribution in [0.5, 0.6) is 0 Å². The van der Waals surface area contributed by atoms with Crippen molar-refractivity contribution in [2.24, 2.45) is 0 Å². The number of rotatable bonds is 6. The van der Waals surface area contributed by atoms with E-state index in [0.717, 1.165) is 29.7 Å². The van der Waals surface area contributed by atoms with Gasteiger partial charge in [-0.2, -0.15) is 0 Å². The van der Waals surface area contributed by atoms with Crippen molar-refractivity contribution in [3.05, 3.63) is 65.2 Å². The minimum Gasteiger partial charge on any atom is -0.376 e. The molecule has 1 aliphatic heterocycles. The maximum absolute atomic E-state index is 12.7. The smallest absolute Gasteiger partial charge is 0.237 e. The lowest BCUT2D eigenvalue weighted by molar-refractivity contribution is 0.135. The van der Waals surface area contributed by atoms with Gasteiger partial charge in [-0.1, -0.05) is 48.0 Å². The predicted octanol–water partition coefficient (Wildman–Crippen LogP) is 3.29. The van der Waals surface area contributed by atoms with Crippen molar-refractivity contribution in [1.82, 2.24) is 0 Å². The van der Waals surface area contributed by atoms with Gasteiger partial charge in [-0.25, -0.2) is 8.42 Å². The monoisotopic (exact) mass is 345 g/mol. The van der Waals surface area contributed by atoms with Crippen LogP contribution in [0.2, 0.25) is 0 Å². The highest BCUT2D eigenvalue weighted by molar-refractivity contribution is 7.92. The summed E-state index contributed by atoms with van der Waals surface area (Å²) in [6.45, 7) is 3.23. The van der Waals surface area contributed by atoms with Crippen LogP contribution >= 0.6 is 0 Å². The van der Waals surface area contributed by atoms with E-state index in [4.69, 9.17) is 4.74 Å². The van der Waals surface area contributed by atoms with Gasteiger partial charge < -0.3 is 4.74 Å². The average Bonchev–Trinajstić information content (AvgIpc) is 2.59. The van der Waals surface area contributed by atoms with Crippen molar-refractivity contribution < 1.29 is 13.2 Å². The van der Waals surface area contributed by atoms with E-state index in [1.165, 1.54) is 5.56 Å². The molecule has 128 valence electrons. The molecule has 0 N–H and O–H groups in total. The molecule has 0 saturated carbocycles. The van der Waals surface area contributed by atoms with E-state index >= 15 is 0 Å². The quantitative estimate of drug-likeness (QED) is 0.755. The average molecular weight is 345 g/mol. The van der Waals surface area contributed by atoms with E-state index < -0.39 is 10.0 Å². The van der Waals surface area contributed by atoms with E-state index in [1.54, 1.807) is 4.31 Å². The molecule has 0 unspecified atom stereocenters. The van der Waals surface area contributed by atoms with Gasteiger partial charge in [0, 0.05) is 6.54 Å². The molecular formula is C19H23NO3S. The van der Waals surface area contributed by atoms with Gasteiger partial charge in [0.15, 0.2) is 0 Å². The van der Waals surface area contributed by atoms with Crippen molar-refractivity contribution in [2.75, 3.05) is 23.2 Å². The van der Waals surface area contributed by atoms with E-state index in [1.807, 2.05) is 49.4 Å². The maximum Gasteiger partial charge on any atom is 0.237 e. The Balaban J connectivity index is 1.62. The predicted molar refractivity (Wildman–Crippen MR) is 96.7 cm³/mol. The number of aryl methyl sites for hydroxylation is 2. The Kier molecular flexibility index (Phi) is 5.21. The molecule has 0 aliphatic carbocycles. The lowest BCUT2D eigenvalue weighted by Crippen LogP contribution is -2.38. The number of fused-ring (bicyclic) bond motifs is 1. The first-order valence-electron chi connectivity index (χ1n) is 8.28. The second kappa shape index (κ2) is 7.36. The van der Waals surface area contributed by atoms with Crippen LogP contribution in [-0.2, 0) is 27.8 Å². The molecule has 0 aromatic heterocycles. The highest BCUT2D eigenvalue weighted by Crippen LogP contribution is 2.30. The van der Waals surface area contributed by atoms with Gasteiger partial charge in [-0.05, 0) is 37.0 Å². The minimum atomic E-state index is -3.36. The topological polar surface area (TPSA) is 46.6 Å². The third kappa shape index (κ3) is 3.97. The molecule has 4 nitrogen and oxygen atoms in total. The van der Waals surface area contributed by atoms with E-state index in [-0.39, 0.29) is 12.4 Å². The second-order valence-corrected chi connectivity index (χ2v) is 8.17. The Bertz CT molecular complexity index is 788. The lowest BCUT2D eigenvalue weighted by atomic mass is 10.0. The molecule has 3 rings (SSSR count). The van der Waals surface area contributed by atoms with Crippen LogP contribution < -0.4 is 4.31 Å². The van der Waals surface area contributed by atoms with Crippen molar-refractivity contribution in [3.8, 4) is 0 Å². The number of benzene rings is 2. The highest BCUT2D eigenvalue weighted by Gasteiger charge is 2.27. The van der Waals surface area contributed by atoms with Crippen LogP contribution in [0.15, 0.2) is 48.5 Å². The molecule has 0 radical (unpaired) electrons. The summed E-state index contributed by atoms with van der Waals surface area (Å²) in [5.74, 6) is 0.00709. The summed E-state index contributed by atoms with van der Waals surface area (Å²) >= 11 is 0. The summed E-state index contributed by atoms with van der Waals surface area (Å²) in [5, 5.41) is 0. The summed E-state index contributed by atoms with van der Waals surface area (Å²) in [4.78, 5) is 0.